The molecule has 8 nitrogen and oxygen atoms in total. The van der Waals surface area contributed by atoms with E-state index in [0.717, 1.165) is 70.8 Å². The Labute approximate surface area is 163 Å². The maximum absolute atomic E-state index is 11.9. The largest absolute Gasteiger partial charge is 0.379 e. The first-order valence-corrected chi connectivity index (χ1v) is 10.1. The molecule has 1 N–H and O–H groups in total. The zero-order valence-electron chi connectivity index (χ0n) is 17.3. The first-order chi connectivity index (χ1) is 13.1. The highest BCUT2D eigenvalue weighted by atomic mass is 16.5. The van der Waals surface area contributed by atoms with E-state index in [9.17, 15) is 4.79 Å². The minimum atomic E-state index is 0.000926. The van der Waals surface area contributed by atoms with Crippen molar-refractivity contribution in [2.45, 2.75) is 19.3 Å². The molecular weight excluding hydrogens is 346 g/mol. The van der Waals surface area contributed by atoms with Gasteiger partial charge in [-0.1, -0.05) is 0 Å². The smallest absolute Gasteiger partial charge is 0.243 e. The zero-order valence-corrected chi connectivity index (χ0v) is 17.3. The Morgan fingerprint density at radius 3 is 2.67 bits per heavy atom. The van der Waals surface area contributed by atoms with Gasteiger partial charge in [0.2, 0.25) is 5.91 Å². The lowest BCUT2D eigenvalue weighted by atomic mass is 10.3. The van der Waals surface area contributed by atoms with Crippen molar-refractivity contribution < 1.29 is 14.3 Å². The number of hydrogen-bond donors (Lipinski definition) is 1. The van der Waals surface area contributed by atoms with Crippen molar-refractivity contribution in [2.75, 3.05) is 86.8 Å². The number of likely N-dealkylation sites (N-methyl/N-ethyl adjacent to an activating group) is 2. The summed E-state index contributed by atoms with van der Waals surface area (Å²) in [5, 5.41) is 3.41. The summed E-state index contributed by atoms with van der Waals surface area (Å²) in [7, 11) is 5.50. The fourth-order valence-electron chi connectivity index (χ4n) is 2.77. The fraction of sp³-hybridized carbons (Fsp3) is 0.895. The van der Waals surface area contributed by atoms with Crippen LogP contribution in [0.3, 0.4) is 0 Å². The third-order valence-electron chi connectivity index (χ3n) is 4.88. The van der Waals surface area contributed by atoms with Crippen molar-refractivity contribution in [3.05, 3.63) is 0 Å². The first kappa shape index (κ1) is 21.9. The fourth-order valence-corrected chi connectivity index (χ4v) is 2.77. The third-order valence-corrected chi connectivity index (χ3v) is 4.88. The number of guanidine groups is 1. The molecular formula is C19H37N5O3. The van der Waals surface area contributed by atoms with Crippen LogP contribution in [-0.4, -0.2) is 113 Å². The molecule has 0 spiro atoms. The summed E-state index contributed by atoms with van der Waals surface area (Å²) in [5.41, 5.74) is 0. The van der Waals surface area contributed by atoms with Gasteiger partial charge in [-0.2, -0.15) is 0 Å². The normalized spacial score (nSPS) is 18.4. The Morgan fingerprint density at radius 2 is 2.00 bits per heavy atom. The molecule has 1 aliphatic heterocycles. The van der Waals surface area contributed by atoms with Crippen LogP contribution in [0, 0.1) is 5.92 Å². The number of hydrogen-bond acceptors (Lipinski definition) is 5. The molecule has 0 aromatic carbocycles. The highest BCUT2D eigenvalue weighted by molar-refractivity contribution is 5.84. The molecule has 1 saturated carbocycles. The number of ether oxygens (including phenoxy) is 2. The second kappa shape index (κ2) is 12.2. The number of nitrogens with zero attached hydrogens (tertiary/aromatic N) is 4. The molecule has 27 heavy (non-hydrogen) atoms. The molecule has 1 heterocycles. The molecule has 2 fully saturated rings. The van der Waals surface area contributed by atoms with Crippen LogP contribution in [0.1, 0.15) is 19.3 Å². The minimum Gasteiger partial charge on any atom is -0.379 e. The van der Waals surface area contributed by atoms with E-state index in [1.807, 2.05) is 11.9 Å². The Balaban J connectivity index is 1.72. The van der Waals surface area contributed by atoms with Crippen molar-refractivity contribution >= 4 is 11.9 Å². The Bertz CT molecular complexity index is 462. The average molecular weight is 384 g/mol. The monoisotopic (exact) mass is 383 g/mol. The molecule has 0 aromatic rings. The summed E-state index contributed by atoms with van der Waals surface area (Å²) in [4.78, 5) is 22.4. The van der Waals surface area contributed by atoms with Crippen LogP contribution in [-0.2, 0) is 14.3 Å². The van der Waals surface area contributed by atoms with Gasteiger partial charge >= 0.3 is 0 Å². The maximum Gasteiger partial charge on any atom is 0.243 e. The van der Waals surface area contributed by atoms with Gasteiger partial charge in [0.15, 0.2) is 5.96 Å². The van der Waals surface area contributed by atoms with Gasteiger partial charge < -0.3 is 24.6 Å². The van der Waals surface area contributed by atoms with Gasteiger partial charge in [-0.15, -0.1) is 0 Å². The lowest BCUT2D eigenvalue weighted by molar-refractivity contribution is -0.127. The van der Waals surface area contributed by atoms with E-state index in [0.29, 0.717) is 6.61 Å². The van der Waals surface area contributed by atoms with Crippen LogP contribution in [0.25, 0.3) is 0 Å². The molecule has 1 aliphatic carbocycles. The second-order valence-corrected chi connectivity index (χ2v) is 7.60. The number of morpholine rings is 1. The summed E-state index contributed by atoms with van der Waals surface area (Å²) >= 11 is 0. The van der Waals surface area contributed by atoms with Crippen molar-refractivity contribution in [1.82, 2.24) is 20.0 Å². The third kappa shape index (κ3) is 9.39. The molecule has 0 radical (unpaired) electrons. The molecule has 0 atom stereocenters. The van der Waals surface area contributed by atoms with Crippen LogP contribution in [0.5, 0.6) is 0 Å². The van der Waals surface area contributed by atoms with Gasteiger partial charge in [-0.05, 0) is 31.7 Å². The van der Waals surface area contributed by atoms with Crippen molar-refractivity contribution in [2.24, 2.45) is 10.9 Å². The molecule has 8 heteroatoms. The van der Waals surface area contributed by atoms with Crippen LogP contribution in [0.15, 0.2) is 4.99 Å². The number of nitrogens with one attached hydrogen (secondary N) is 1. The highest BCUT2D eigenvalue weighted by Crippen LogP contribution is 2.28. The van der Waals surface area contributed by atoms with Gasteiger partial charge in [0.25, 0.3) is 0 Å². The summed E-state index contributed by atoms with van der Waals surface area (Å²) in [6, 6.07) is 0. The van der Waals surface area contributed by atoms with Crippen molar-refractivity contribution in [1.29, 1.82) is 0 Å². The van der Waals surface area contributed by atoms with E-state index in [-0.39, 0.29) is 12.5 Å². The number of aliphatic imine (C=N–C) groups is 1. The molecule has 0 unspecified atom stereocenters. The number of carbonyl (C=O) groups excluding carboxylic acids is 1. The van der Waals surface area contributed by atoms with Crippen LogP contribution < -0.4 is 5.32 Å². The molecule has 2 rings (SSSR count). The standard InChI is InChI=1S/C19H37N5O3/c1-22(2)18(25)15-21-19(23(3)9-12-27-16-17-5-6-17)20-7-4-8-24-10-13-26-14-11-24/h17H,4-16H2,1-3H3,(H,20,21). The Morgan fingerprint density at radius 1 is 1.26 bits per heavy atom. The number of carbonyl (C=O) groups is 1. The lowest BCUT2D eigenvalue weighted by Gasteiger charge is -2.27. The summed E-state index contributed by atoms with van der Waals surface area (Å²) in [6.07, 6.45) is 3.65. The van der Waals surface area contributed by atoms with E-state index in [2.05, 4.69) is 15.2 Å². The van der Waals surface area contributed by atoms with Gasteiger partial charge in [0.1, 0.15) is 6.54 Å². The SMILES string of the molecule is CN(C)C(=O)CN=C(NCCCN1CCOCC1)N(C)CCOCC1CC1. The van der Waals surface area contributed by atoms with Crippen LogP contribution in [0.4, 0.5) is 0 Å². The van der Waals surface area contributed by atoms with E-state index < -0.39 is 0 Å². The number of rotatable bonds is 11. The molecule has 0 bridgehead atoms. The van der Waals surface area contributed by atoms with Gasteiger partial charge in [-0.3, -0.25) is 9.69 Å². The Hall–Kier alpha value is -1.38. The highest BCUT2D eigenvalue weighted by Gasteiger charge is 2.21. The average Bonchev–Trinajstić information content (AvgIpc) is 3.49. The predicted octanol–water partition coefficient (Wildman–Crippen LogP) is 0.101. The minimum absolute atomic E-state index is 0.000926. The lowest BCUT2D eigenvalue weighted by Crippen LogP contribution is -2.43. The Kier molecular flexibility index (Phi) is 9.86. The predicted molar refractivity (Wildman–Crippen MR) is 107 cm³/mol. The maximum atomic E-state index is 11.9. The van der Waals surface area contributed by atoms with Gasteiger partial charge in [-0.25, -0.2) is 4.99 Å². The topological polar surface area (TPSA) is 69.6 Å². The summed E-state index contributed by atoms with van der Waals surface area (Å²) < 4.78 is 11.1. The second-order valence-electron chi connectivity index (χ2n) is 7.60. The molecule has 0 aromatic heterocycles. The molecule has 156 valence electrons. The molecule has 1 amide bonds. The summed E-state index contributed by atoms with van der Waals surface area (Å²) in [5.74, 6) is 1.54. The molecule has 2 aliphatic rings. The summed E-state index contributed by atoms with van der Waals surface area (Å²) in [6.45, 7) is 8.04. The van der Waals surface area contributed by atoms with Crippen molar-refractivity contribution in [3.8, 4) is 0 Å². The quantitative estimate of drug-likeness (QED) is 0.310. The van der Waals surface area contributed by atoms with E-state index in [1.54, 1.807) is 19.0 Å². The van der Waals surface area contributed by atoms with Crippen LogP contribution in [0.2, 0.25) is 0 Å². The number of amides is 1. The van der Waals surface area contributed by atoms with E-state index in [1.165, 1.54) is 12.8 Å². The van der Waals surface area contributed by atoms with Gasteiger partial charge in [0.05, 0.1) is 19.8 Å². The zero-order chi connectivity index (χ0) is 19.5. The molecule has 1 saturated heterocycles. The van der Waals surface area contributed by atoms with E-state index >= 15 is 0 Å². The van der Waals surface area contributed by atoms with Crippen molar-refractivity contribution in [3.63, 3.8) is 0 Å². The van der Waals surface area contributed by atoms with Gasteiger partial charge in [0, 0.05) is 53.9 Å². The van der Waals surface area contributed by atoms with Crippen LogP contribution >= 0.6 is 0 Å². The van der Waals surface area contributed by atoms with E-state index in [4.69, 9.17) is 9.47 Å². The first-order valence-electron chi connectivity index (χ1n) is 10.1.